The van der Waals surface area contributed by atoms with E-state index < -0.39 is 0 Å². The van der Waals surface area contributed by atoms with Crippen LogP contribution in [-0.4, -0.2) is 25.2 Å². The van der Waals surface area contributed by atoms with E-state index in [9.17, 15) is 0 Å². The highest BCUT2D eigenvalue weighted by atomic mass is 16.5. The summed E-state index contributed by atoms with van der Waals surface area (Å²) >= 11 is 0. The molecule has 1 saturated heterocycles. The Morgan fingerprint density at radius 2 is 2.05 bits per heavy atom. The van der Waals surface area contributed by atoms with Crippen molar-refractivity contribution in [2.45, 2.75) is 58.6 Å². The molecule has 0 saturated carbocycles. The zero-order valence-corrected chi connectivity index (χ0v) is 13.1. The molecule has 0 spiro atoms. The van der Waals surface area contributed by atoms with Crippen molar-refractivity contribution in [2.24, 2.45) is 5.73 Å². The highest BCUT2D eigenvalue weighted by molar-refractivity contribution is 5.60. The molecule has 3 nitrogen and oxygen atoms in total. The van der Waals surface area contributed by atoms with Gasteiger partial charge in [0, 0.05) is 19.1 Å². The number of nitrogens with zero attached hydrogens (tertiary/aromatic N) is 1. The van der Waals surface area contributed by atoms with Crippen LogP contribution >= 0.6 is 0 Å². The topological polar surface area (TPSA) is 38.5 Å². The van der Waals surface area contributed by atoms with Crippen LogP contribution in [0.2, 0.25) is 0 Å². The van der Waals surface area contributed by atoms with Gasteiger partial charge in [-0.15, -0.1) is 0 Å². The summed E-state index contributed by atoms with van der Waals surface area (Å²) in [4.78, 5) is 2.42. The van der Waals surface area contributed by atoms with Gasteiger partial charge in [0.1, 0.15) is 5.75 Å². The molecule has 0 amide bonds. The Morgan fingerprint density at radius 1 is 1.35 bits per heavy atom. The van der Waals surface area contributed by atoms with E-state index in [1.165, 1.54) is 11.3 Å². The lowest BCUT2D eigenvalue weighted by Crippen LogP contribution is -2.40. The van der Waals surface area contributed by atoms with Gasteiger partial charge in [-0.1, -0.05) is 19.4 Å². The van der Waals surface area contributed by atoms with Gasteiger partial charge in [0.25, 0.3) is 0 Å². The number of hydrogen-bond acceptors (Lipinski definition) is 3. The Kier molecular flexibility index (Phi) is 5.30. The van der Waals surface area contributed by atoms with Crippen LogP contribution in [0.1, 0.15) is 45.1 Å². The fourth-order valence-electron chi connectivity index (χ4n) is 2.80. The van der Waals surface area contributed by atoms with Crippen LogP contribution in [-0.2, 0) is 0 Å². The molecule has 0 aromatic heterocycles. The predicted octanol–water partition coefficient (Wildman–Crippen LogP) is 3.49. The van der Waals surface area contributed by atoms with Crippen molar-refractivity contribution in [3.05, 3.63) is 23.8 Å². The molecule has 2 N–H and O–H groups in total. The first-order valence-electron chi connectivity index (χ1n) is 7.88. The van der Waals surface area contributed by atoms with Gasteiger partial charge >= 0.3 is 0 Å². The van der Waals surface area contributed by atoms with Gasteiger partial charge in [0.05, 0.1) is 11.8 Å². The summed E-state index contributed by atoms with van der Waals surface area (Å²) in [5.74, 6) is 1.02. The van der Waals surface area contributed by atoms with E-state index in [1.807, 2.05) is 0 Å². The van der Waals surface area contributed by atoms with Crippen molar-refractivity contribution < 1.29 is 4.74 Å². The minimum Gasteiger partial charge on any atom is -0.489 e. The molecule has 1 fully saturated rings. The Morgan fingerprint density at radius 3 is 2.70 bits per heavy atom. The first kappa shape index (κ1) is 15.2. The molecule has 1 aromatic rings. The first-order valence-corrected chi connectivity index (χ1v) is 7.88. The van der Waals surface area contributed by atoms with E-state index in [2.05, 4.69) is 43.9 Å². The van der Waals surface area contributed by atoms with Crippen LogP contribution in [0, 0.1) is 6.92 Å². The van der Waals surface area contributed by atoms with Crippen LogP contribution in [0.15, 0.2) is 18.2 Å². The molecule has 1 aliphatic heterocycles. The smallest absolute Gasteiger partial charge is 0.143 e. The third-order valence-electron chi connectivity index (χ3n) is 4.02. The second kappa shape index (κ2) is 6.98. The van der Waals surface area contributed by atoms with E-state index in [0.29, 0.717) is 6.04 Å². The Labute approximate surface area is 123 Å². The largest absolute Gasteiger partial charge is 0.489 e. The highest BCUT2D eigenvalue weighted by Crippen LogP contribution is 2.32. The van der Waals surface area contributed by atoms with Crippen LogP contribution in [0.4, 0.5) is 5.69 Å². The van der Waals surface area contributed by atoms with Crippen molar-refractivity contribution >= 4 is 5.69 Å². The van der Waals surface area contributed by atoms with E-state index in [0.717, 1.165) is 44.5 Å². The van der Waals surface area contributed by atoms with Crippen LogP contribution in [0.5, 0.6) is 5.75 Å². The van der Waals surface area contributed by atoms with E-state index >= 15 is 0 Å². The van der Waals surface area contributed by atoms with Gasteiger partial charge in [0.2, 0.25) is 0 Å². The molecule has 1 aliphatic rings. The lowest BCUT2D eigenvalue weighted by atomic mass is 10.0. The third kappa shape index (κ3) is 3.89. The molecular formula is C17H28N2O. The van der Waals surface area contributed by atoms with E-state index in [4.69, 9.17) is 10.5 Å². The van der Waals surface area contributed by atoms with Gasteiger partial charge < -0.3 is 15.4 Å². The molecule has 1 aromatic carbocycles. The van der Waals surface area contributed by atoms with Crippen molar-refractivity contribution in [2.75, 3.05) is 18.0 Å². The number of rotatable bonds is 5. The average Bonchev–Trinajstić information content (AvgIpc) is 2.42. The van der Waals surface area contributed by atoms with Crippen molar-refractivity contribution in [1.29, 1.82) is 0 Å². The van der Waals surface area contributed by atoms with Crippen LogP contribution in [0.25, 0.3) is 0 Å². The summed E-state index contributed by atoms with van der Waals surface area (Å²) in [5, 5.41) is 0. The van der Waals surface area contributed by atoms with Crippen LogP contribution < -0.4 is 15.4 Å². The predicted molar refractivity (Wildman–Crippen MR) is 85.6 cm³/mol. The molecule has 1 atom stereocenters. The lowest BCUT2D eigenvalue weighted by molar-refractivity contribution is 0.210. The molecule has 1 unspecified atom stereocenters. The Bertz CT molecular complexity index is 425. The minimum atomic E-state index is 0.272. The normalized spacial score (nSPS) is 18.1. The maximum atomic E-state index is 6.15. The summed E-state index contributed by atoms with van der Waals surface area (Å²) in [6, 6.07) is 6.85. The van der Waals surface area contributed by atoms with Crippen LogP contribution in [0.3, 0.4) is 0 Å². The molecule has 0 aliphatic carbocycles. The second-order valence-corrected chi connectivity index (χ2v) is 6.01. The molecule has 0 radical (unpaired) electrons. The van der Waals surface area contributed by atoms with E-state index in [1.54, 1.807) is 0 Å². The number of hydrogen-bond donors (Lipinski definition) is 1. The maximum absolute atomic E-state index is 6.15. The lowest BCUT2D eigenvalue weighted by Gasteiger charge is -2.33. The number of ether oxygens (including phenoxy) is 1. The molecule has 2 rings (SSSR count). The summed E-state index contributed by atoms with van der Waals surface area (Å²) in [6.07, 6.45) is 4.66. The summed E-state index contributed by atoms with van der Waals surface area (Å²) in [5.41, 5.74) is 8.52. The van der Waals surface area contributed by atoms with Crippen molar-refractivity contribution in [1.82, 2.24) is 0 Å². The van der Waals surface area contributed by atoms with E-state index in [-0.39, 0.29) is 6.10 Å². The number of anilines is 1. The molecule has 1 heterocycles. The minimum absolute atomic E-state index is 0.272. The Hall–Kier alpha value is -1.22. The molecule has 3 heteroatoms. The van der Waals surface area contributed by atoms with Gasteiger partial charge in [-0.25, -0.2) is 0 Å². The third-order valence-corrected chi connectivity index (χ3v) is 4.02. The number of benzene rings is 1. The number of piperidine rings is 1. The summed E-state index contributed by atoms with van der Waals surface area (Å²) in [7, 11) is 0. The Balaban J connectivity index is 2.15. The highest BCUT2D eigenvalue weighted by Gasteiger charge is 2.20. The fourth-order valence-corrected chi connectivity index (χ4v) is 2.80. The zero-order valence-electron chi connectivity index (χ0n) is 13.1. The number of aryl methyl sites for hydroxylation is 1. The van der Waals surface area contributed by atoms with Gasteiger partial charge in [-0.3, -0.25) is 0 Å². The SMILES string of the molecule is CCCC(C)Oc1ccc(C)cc1N1CCC(N)CC1. The molecule has 112 valence electrons. The van der Waals surface area contributed by atoms with Gasteiger partial charge in [-0.2, -0.15) is 0 Å². The van der Waals surface area contributed by atoms with Crippen molar-refractivity contribution in [3.63, 3.8) is 0 Å². The fraction of sp³-hybridized carbons (Fsp3) is 0.647. The van der Waals surface area contributed by atoms with Crippen molar-refractivity contribution in [3.8, 4) is 5.75 Å². The molecular weight excluding hydrogens is 248 g/mol. The second-order valence-electron chi connectivity index (χ2n) is 6.01. The molecule has 20 heavy (non-hydrogen) atoms. The average molecular weight is 276 g/mol. The van der Waals surface area contributed by atoms with Gasteiger partial charge in [-0.05, 0) is 50.8 Å². The monoisotopic (exact) mass is 276 g/mol. The summed E-state index contributed by atoms with van der Waals surface area (Å²) < 4.78 is 6.15. The van der Waals surface area contributed by atoms with Gasteiger partial charge in [0.15, 0.2) is 0 Å². The number of nitrogens with two attached hydrogens (primary N) is 1. The first-order chi connectivity index (χ1) is 9.60. The maximum Gasteiger partial charge on any atom is 0.143 e. The zero-order chi connectivity index (χ0) is 14.5. The summed E-state index contributed by atoms with van der Waals surface area (Å²) in [6.45, 7) is 8.55. The molecule has 0 bridgehead atoms. The standard InChI is InChI=1S/C17H28N2O/c1-4-5-14(3)20-17-7-6-13(2)12-16(17)19-10-8-15(18)9-11-19/h6-7,12,14-15H,4-5,8-11,18H2,1-3H3. The quantitative estimate of drug-likeness (QED) is 0.894.